The van der Waals surface area contributed by atoms with Crippen LogP contribution < -0.4 is 5.32 Å². The van der Waals surface area contributed by atoms with Gasteiger partial charge in [-0.1, -0.05) is 282 Å². The Kier molecular flexibility index (Phi) is 55.5. The van der Waals surface area contributed by atoms with Crippen molar-refractivity contribution in [1.29, 1.82) is 0 Å². The number of carbonyl (C=O) groups excluding carboxylic acids is 2. The van der Waals surface area contributed by atoms with E-state index in [1.165, 1.54) is 257 Å². The Hall–Kier alpha value is -1.66. The van der Waals surface area contributed by atoms with Crippen molar-refractivity contribution in [2.75, 3.05) is 13.2 Å². The summed E-state index contributed by atoms with van der Waals surface area (Å²) in [5.74, 6) is -0.0617. The van der Waals surface area contributed by atoms with Crippen molar-refractivity contribution in [1.82, 2.24) is 5.32 Å². The number of hydrogen-bond acceptors (Lipinski definition) is 5. The predicted octanol–water partition coefficient (Wildman–Crippen LogP) is 18.6. The molecule has 0 aromatic rings. The molecule has 396 valence electrons. The molecule has 2 unspecified atom stereocenters. The number of esters is 1. The van der Waals surface area contributed by atoms with Crippen LogP contribution in [0.5, 0.6) is 0 Å². The lowest BCUT2D eigenvalue weighted by atomic mass is 10.0. The first-order chi connectivity index (χ1) is 33.0. The van der Waals surface area contributed by atoms with Gasteiger partial charge in [0.2, 0.25) is 5.91 Å². The standard InChI is InChI=1S/C61H117NO5/c1-3-5-7-9-11-13-15-17-30-33-37-41-45-49-53-59(64)58(57-63)62-60(65)54-50-46-42-38-34-31-27-25-23-21-19-18-20-22-24-26-28-32-36-40-44-48-52-56-67-61(66)55-51-47-43-39-35-29-16-14-12-10-8-6-4-2/h14,16,49,53,58-59,63-64H,3-13,15,17-48,50-52,54-57H2,1-2H3,(H,62,65)/b16-14-,53-49+. The van der Waals surface area contributed by atoms with E-state index in [-0.39, 0.29) is 18.5 Å². The molecule has 0 aromatic carbocycles. The lowest BCUT2D eigenvalue weighted by molar-refractivity contribution is -0.143. The fourth-order valence-electron chi connectivity index (χ4n) is 9.34. The zero-order chi connectivity index (χ0) is 48.6. The Morgan fingerprint density at radius 2 is 0.701 bits per heavy atom. The van der Waals surface area contributed by atoms with Crippen molar-refractivity contribution in [2.45, 2.75) is 341 Å². The van der Waals surface area contributed by atoms with Gasteiger partial charge in [0.25, 0.3) is 0 Å². The molecule has 0 aromatic heterocycles. The summed E-state index contributed by atoms with van der Waals surface area (Å²) in [6.45, 7) is 4.90. The quantitative estimate of drug-likeness (QED) is 0.0321. The third-order valence-corrected chi connectivity index (χ3v) is 14.0. The molecule has 0 heterocycles. The highest BCUT2D eigenvalue weighted by Gasteiger charge is 2.18. The summed E-state index contributed by atoms with van der Waals surface area (Å²) < 4.78 is 5.47. The lowest BCUT2D eigenvalue weighted by Gasteiger charge is -2.20. The van der Waals surface area contributed by atoms with Gasteiger partial charge >= 0.3 is 5.97 Å². The minimum absolute atomic E-state index is 0.00473. The summed E-state index contributed by atoms with van der Waals surface area (Å²) in [7, 11) is 0. The Bertz CT molecular complexity index is 1040. The number of allylic oxidation sites excluding steroid dienone is 3. The van der Waals surface area contributed by atoms with Gasteiger partial charge in [-0.15, -0.1) is 0 Å². The third-order valence-electron chi connectivity index (χ3n) is 14.0. The smallest absolute Gasteiger partial charge is 0.305 e. The maximum absolute atomic E-state index is 12.5. The van der Waals surface area contributed by atoms with Gasteiger partial charge in [0.15, 0.2) is 0 Å². The van der Waals surface area contributed by atoms with Crippen LogP contribution in [0.2, 0.25) is 0 Å². The maximum atomic E-state index is 12.5. The van der Waals surface area contributed by atoms with E-state index in [0.717, 1.165) is 44.9 Å². The zero-order valence-corrected chi connectivity index (χ0v) is 45.1. The van der Waals surface area contributed by atoms with Gasteiger partial charge in [-0.3, -0.25) is 9.59 Å². The molecule has 3 N–H and O–H groups in total. The summed E-state index contributed by atoms with van der Waals surface area (Å²) in [6.07, 6.45) is 69.2. The van der Waals surface area contributed by atoms with Gasteiger partial charge < -0.3 is 20.3 Å². The van der Waals surface area contributed by atoms with E-state index in [0.29, 0.717) is 19.4 Å². The summed E-state index contributed by atoms with van der Waals surface area (Å²) in [5.41, 5.74) is 0. The molecule has 0 aliphatic carbocycles. The molecule has 6 heteroatoms. The summed E-state index contributed by atoms with van der Waals surface area (Å²) in [6, 6.07) is -0.626. The lowest BCUT2D eigenvalue weighted by Crippen LogP contribution is -2.45. The van der Waals surface area contributed by atoms with Crippen LogP contribution in [-0.2, 0) is 14.3 Å². The van der Waals surface area contributed by atoms with E-state index in [1.54, 1.807) is 6.08 Å². The average molecular weight is 945 g/mol. The SMILES string of the molecule is CCCCCC/C=C\CCCCCCCC(=O)OCCCCCCCCCCCCCCCCCCCCCCCCCC(=O)NC(CO)C(O)/C=C/CCCCCCCCCCCCCC. The molecule has 0 aliphatic heterocycles. The van der Waals surface area contributed by atoms with Crippen LogP contribution in [0.15, 0.2) is 24.3 Å². The number of carbonyl (C=O) groups is 2. The third kappa shape index (κ3) is 53.5. The first kappa shape index (κ1) is 65.3. The van der Waals surface area contributed by atoms with Gasteiger partial charge in [-0.25, -0.2) is 0 Å². The fraction of sp³-hybridized carbons (Fsp3) is 0.902. The number of ether oxygens (including phenoxy) is 1. The molecule has 0 saturated heterocycles. The zero-order valence-electron chi connectivity index (χ0n) is 45.1. The summed E-state index contributed by atoms with van der Waals surface area (Å²) >= 11 is 0. The second kappa shape index (κ2) is 56.9. The van der Waals surface area contributed by atoms with E-state index in [4.69, 9.17) is 4.74 Å². The molecule has 0 aliphatic rings. The van der Waals surface area contributed by atoms with E-state index < -0.39 is 12.1 Å². The normalized spacial score (nSPS) is 12.7. The van der Waals surface area contributed by atoms with Crippen LogP contribution in [0, 0.1) is 0 Å². The number of amides is 1. The van der Waals surface area contributed by atoms with E-state index in [1.807, 2.05) is 6.08 Å². The summed E-state index contributed by atoms with van der Waals surface area (Å²) in [4.78, 5) is 24.5. The molecule has 1 amide bonds. The van der Waals surface area contributed by atoms with Crippen molar-refractivity contribution in [3.8, 4) is 0 Å². The van der Waals surface area contributed by atoms with Crippen molar-refractivity contribution >= 4 is 11.9 Å². The molecular formula is C61H117NO5. The monoisotopic (exact) mass is 944 g/mol. The highest BCUT2D eigenvalue weighted by molar-refractivity contribution is 5.76. The molecule has 0 rings (SSSR count). The van der Waals surface area contributed by atoms with Crippen LogP contribution in [0.3, 0.4) is 0 Å². The molecule has 0 radical (unpaired) electrons. The van der Waals surface area contributed by atoms with Gasteiger partial charge in [0.05, 0.1) is 25.4 Å². The van der Waals surface area contributed by atoms with Gasteiger partial charge in [-0.2, -0.15) is 0 Å². The van der Waals surface area contributed by atoms with Gasteiger partial charge in [0.1, 0.15) is 0 Å². The molecule has 67 heavy (non-hydrogen) atoms. The number of rotatable bonds is 56. The molecule has 0 spiro atoms. The fourth-order valence-corrected chi connectivity index (χ4v) is 9.34. The topological polar surface area (TPSA) is 95.9 Å². The molecule has 6 nitrogen and oxygen atoms in total. The second-order valence-corrected chi connectivity index (χ2v) is 20.7. The van der Waals surface area contributed by atoms with Crippen molar-refractivity contribution in [3.05, 3.63) is 24.3 Å². The Morgan fingerprint density at radius 3 is 1.07 bits per heavy atom. The minimum Gasteiger partial charge on any atom is -0.466 e. The number of aliphatic hydroxyl groups excluding tert-OH is 2. The highest BCUT2D eigenvalue weighted by atomic mass is 16.5. The van der Waals surface area contributed by atoms with Gasteiger partial charge in [-0.05, 0) is 57.8 Å². The van der Waals surface area contributed by atoms with E-state index in [2.05, 4.69) is 31.3 Å². The summed E-state index contributed by atoms with van der Waals surface area (Å²) in [5, 5.41) is 23.1. The minimum atomic E-state index is -0.843. The highest BCUT2D eigenvalue weighted by Crippen LogP contribution is 2.17. The van der Waals surface area contributed by atoms with Gasteiger partial charge in [0, 0.05) is 12.8 Å². The molecule has 2 atom stereocenters. The van der Waals surface area contributed by atoms with Crippen LogP contribution >= 0.6 is 0 Å². The maximum Gasteiger partial charge on any atom is 0.305 e. The molecular weight excluding hydrogens is 827 g/mol. The van der Waals surface area contributed by atoms with Crippen LogP contribution in [-0.4, -0.2) is 47.4 Å². The first-order valence-corrected chi connectivity index (χ1v) is 30.1. The van der Waals surface area contributed by atoms with Crippen molar-refractivity contribution in [3.63, 3.8) is 0 Å². The first-order valence-electron chi connectivity index (χ1n) is 30.1. The number of hydrogen-bond donors (Lipinski definition) is 3. The number of unbranched alkanes of at least 4 members (excludes halogenated alkanes) is 43. The van der Waals surface area contributed by atoms with Crippen molar-refractivity contribution in [2.24, 2.45) is 0 Å². The number of aliphatic hydroxyl groups is 2. The predicted molar refractivity (Wildman–Crippen MR) is 292 cm³/mol. The average Bonchev–Trinajstić information content (AvgIpc) is 3.33. The number of nitrogens with one attached hydrogen (secondary N) is 1. The Morgan fingerprint density at radius 1 is 0.403 bits per heavy atom. The molecule has 0 bridgehead atoms. The van der Waals surface area contributed by atoms with Crippen molar-refractivity contribution < 1.29 is 24.5 Å². The van der Waals surface area contributed by atoms with E-state index >= 15 is 0 Å². The van der Waals surface area contributed by atoms with E-state index in [9.17, 15) is 19.8 Å². The van der Waals surface area contributed by atoms with Crippen LogP contribution in [0.4, 0.5) is 0 Å². The molecule has 0 saturated carbocycles. The second-order valence-electron chi connectivity index (χ2n) is 20.7. The largest absolute Gasteiger partial charge is 0.466 e. The van der Waals surface area contributed by atoms with Crippen LogP contribution in [0.25, 0.3) is 0 Å². The Labute approximate surface area is 418 Å². The molecule has 0 fully saturated rings. The Balaban J connectivity index is 3.39. The van der Waals surface area contributed by atoms with Crippen LogP contribution in [0.1, 0.15) is 328 Å².